The minimum atomic E-state index is -0.0964. The molecular weight excluding hydrogens is 751 g/mol. The molecule has 0 amide bonds. The molecule has 316 valence electrons. The highest BCUT2D eigenvalue weighted by Crippen LogP contribution is 2.60. The van der Waals surface area contributed by atoms with Gasteiger partial charge in [0.2, 0.25) is 0 Å². The zero-order valence-electron chi connectivity index (χ0n) is 39.7. The van der Waals surface area contributed by atoms with Gasteiger partial charge in [0.15, 0.2) is 5.88 Å². The second kappa shape index (κ2) is 12.6. The van der Waals surface area contributed by atoms with Gasteiger partial charge in [-0.15, -0.1) is 0 Å². The van der Waals surface area contributed by atoms with Crippen LogP contribution in [0.2, 0.25) is 0 Å². The van der Waals surface area contributed by atoms with Crippen molar-refractivity contribution in [1.82, 2.24) is 0 Å². The number of hydrogen-bond acceptors (Lipinski definition) is 3. The Hall–Kier alpha value is -4.96. The van der Waals surface area contributed by atoms with E-state index in [-0.39, 0.29) is 39.2 Å². The van der Waals surface area contributed by atoms with E-state index in [9.17, 15) is 0 Å². The smallest absolute Gasteiger partial charge is 0.256 e. The number of rotatable bonds is 3. The van der Waals surface area contributed by atoms with E-state index in [1.807, 2.05) is 0 Å². The Bertz CT molecular complexity index is 2850. The number of nitrogens with zero attached hydrogens (tertiary/aromatic N) is 2. The third-order valence-electron chi connectivity index (χ3n) is 16.4. The first-order chi connectivity index (χ1) is 29.1. The van der Waals surface area contributed by atoms with Crippen LogP contribution in [0.3, 0.4) is 0 Å². The lowest BCUT2D eigenvalue weighted by Gasteiger charge is -2.50. The van der Waals surface area contributed by atoms with Crippen LogP contribution < -0.4 is 26.2 Å². The first kappa shape index (κ1) is 39.9. The molecule has 5 aromatic carbocycles. The number of aryl methyl sites for hydroxylation is 1. The molecule has 3 aliphatic heterocycles. The van der Waals surface area contributed by atoms with E-state index in [1.165, 1.54) is 96.7 Å². The summed E-state index contributed by atoms with van der Waals surface area (Å²) >= 11 is 0. The summed E-state index contributed by atoms with van der Waals surface area (Å²) < 4.78 is 7.70. The molecule has 6 aromatic rings. The highest BCUT2D eigenvalue weighted by molar-refractivity contribution is 7.00. The molecule has 2 bridgehead atoms. The zero-order chi connectivity index (χ0) is 43.7. The van der Waals surface area contributed by atoms with Gasteiger partial charge < -0.3 is 9.32 Å². The van der Waals surface area contributed by atoms with Gasteiger partial charge in [0.25, 0.3) is 6.71 Å². The van der Waals surface area contributed by atoms with Crippen LogP contribution in [-0.2, 0) is 32.5 Å². The Morgan fingerprint density at radius 2 is 1.18 bits per heavy atom. The summed E-state index contributed by atoms with van der Waals surface area (Å²) in [6.45, 7) is 31.4. The monoisotopic (exact) mass is 817 g/mol. The molecule has 4 heteroatoms. The van der Waals surface area contributed by atoms with Gasteiger partial charge in [-0.1, -0.05) is 144 Å². The summed E-state index contributed by atoms with van der Waals surface area (Å²) in [5.74, 6) is 2.22. The molecule has 1 aromatic heterocycles. The summed E-state index contributed by atoms with van der Waals surface area (Å²) in [5, 5.41) is 0. The highest BCUT2D eigenvalue weighted by Gasteiger charge is 2.57. The predicted octanol–water partition coefficient (Wildman–Crippen LogP) is 14.0. The maximum absolute atomic E-state index is 7.70. The molecule has 0 saturated carbocycles. The van der Waals surface area contributed by atoms with Gasteiger partial charge in [-0.25, -0.2) is 0 Å². The number of anilines is 6. The van der Waals surface area contributed by atoms with E-state index in [1.54, 1.807) is 5.56 Å². The zero-order valence-corrected chi connectivity index (χ0v) is 39.7. The first-order valence-electron chi connectivity index (χ1n) is 23.5. The molecule has 0 N–H and O–H groups in total. The van der Waals surface area contributed by atoms with Gasteiger partial charge in [-0.3, -0.25) is 4.90 Å². The van der Waals surface area contributed by atoms with Gasteiger partial charge in [0.05, 0.1) is 0 Å². The topological polar surface area (TPSA) is 19.6 Å². The molecule has 0 radical (unpaired) electrons. The summed E-state index contributed by atoms with van der Waals surface area (Å²) in [7, 11) is 0. The van der Waals surface area contributed by atoms with Gasteiger partial charge in [0.1, 0.15) is 5.76 Å². The van der Waals surface area contributed by atoms with Crippen molar-refractivity contribution >= 4 is 57.4 Å². The van der Waals surface area contributed by atoms with Crippen molar-refractivity contribution < 1.29 is 4.42 Å². The van der Waals surface area contributed by atoms with E-state index >= 15 is 0 Å². The Balaban J connectivity index is 1.32. The Morgan fingerprint density at radius 3 is 1.84 bits per heavy atom. The van der Waals surface area contributed by atoms with Gasteiger partial charge >= 0.3 is 0 Å². The minimum Gasteiger partial charge on any atom is -0.444 e. The largest absolute Gasteiger partial charge is 0.444 e. The predicted molar refractivity (Wildman–Crippen MR) is 264 cm³/mol. The third kappa shape index (κ3) is 5.56. The van der Waals surface area contributed by atoms with Crippen LogP contribution in [-0.4, -0.2) is 6.71 Å². The van der Waals surface area contributed by atoms with Crippen molar-refractivity contribution in [2.24, 2.45) is 0 Å². The van der Waals surface area contributed by atoms with Crippen LogP contribution in [0.1, 0.15) is 154 Å². The lowest BCUT2D eigenvalue weighted by molar-refractivity contribution is 0.197. The Kier molecular flexibility index (Phi) is 8.11. The summed E-state index contributed by atoms with van der Waals surface area (Å²) in [4.78, 5) is 5.21. The molecule has 4 heterocycles. The van der Waals surface area contributed by atoms with Crippen molar-refractivity contribution in [1.29, 1.82) is 0 Å². The molecule has 0 saturated heterocycles. The van der Waals surface area contributed by atoms with E-state index in [2.05, 4.69) is 197 Å². The van der Waals surface area contributed by atoms with E-state index < -0.39 is 0 Å². The third-order valence-corrected chi connectivity index (χ3v) is 16.4. The molecule has 11 rings (SSSR count). The highest BCUT2D eigenvalue weighted by atomic mass is 16.4. The molecule has 0 fully saturated rings. The fourth-order valence-electron chi connectivity index (χ4n) is 12.7. The Morgan fingerprint density at radius 1 is 0.548 bits per heavy atom. The fourth-order valence-corrected chi connectivity index (χ4v) is 12.7. The maximum Gasteiger partial charge on any atom is 0.256 e. The van der Waals surface area contributed by atoms with Gasteiger partial charge in [-0.05, 0) is 163 Å². The molecule has 3 nitrogen and oxygen atoms in total. The van der Waals surface area contributed by atoms with Crippen molar-refractivity contribution in [2.45, 2.75) is 155 Å². The lowest BCUT2D eigenvalue weighted by atomic mass is 9.32. The van der Waals surface area contributed by atoms with E-state index in [4.69, 9.17) is 4.42 Å². The molecule has 0 spiro atoms. The summed E-state index contributed by atoms with van der Waals surface area (Å²) in [6, 6.07) is 38.1. The molecular formula is C58H65BN2O. The van der Waals surface area contributed by atoms with Gasteiger partial charge in [0, 0.05) is 33.9 Å². The molecule has 2 atom stereocenters. The standard InChI is InChI=1S/C58H65BN2O/c1-35-29-39(54(5,6)7)21-24-44(35)61-45-33-41-42-32-43(45)59-49-46(30-37(31-47(49)61)36-17-15-14-16-18-36)60(40-22-19-38(20-23-40)53(2,3)4)52-50(59)48-51(62-52)56(10,11)26-28-58(48,13)34-57(42,12)27-25-55(41,8)9/h14-24,29-33H,25-28,34H2,1-13H3. The summed E-state index contributed by atoms with van der Waals surface area (Å²) in [6.07, 6.45) is 5.75. The van der Waals surface area contributed by atoms with E-state index in [0.717, 1.165) is 30.8 Å². The average Bonchev–Trinajstić information content (AvgIpc) is 3.64. The van der Waals surface area contributed by atoms with Gasteiger partial charge in [-0.2, -0.15) is 0 Å². The Labute approximate surface area is 372 Å². The average molecular weight is 817 g/mol. The molecule has 2 unspecified atom stereocenters. The van der Waals surface area contributed by atoms with Crippen LogP contribution >= 0.6 is 0 Å². The van der Waals surface area contributed by atoms with E-state index in [0.29, 0.717) is 0 Å². The minimum absolute atomic E-state index is 0.0174. The fraction of sp³-hybridized carbons (Fsp3) is 0.414. The van der Waals surface area contributed by atoms with Crippen LogP contribution in [0.25, 0.3) is 11.1 Å². The molecule has 5 aliphatic rings. The number of benzene rings is 5. The summed E-state index contributed by atoms with van der Waals surface area (Å²) in [5.41, 5.74) is 21.5. The van der Waals surface area contributed by atoms with Crippen LogP contribution in [0, 0.1) is 6.92 Å². The van der Waals surface area contributed by atoms with Crippen LogP contribution in [0.5, 0.6) is 0 Å². The van der Waals surface area contributed by atoms with Crippen LogP contribution in [0.4, 0.5) is 34.3 Å². The first-order valence-corrected chi connectivity index (χ1v) is 23.5. The second-order valence-corrected chi connectivity index (χ2v) is 24.0. The van der Waals surface area contributed by atoms with Crippen molar-refractivity contribution in [2.75, 3.05) is 9.80 Å². The number of furan rings is 1. The molecule has 62 heavy (non-hydrogen) atoms. The maximum atomic E-state index is 7.70. The van der Waals surface area contributed by atoms with Crippen LogP contribution in [0.15, 0.2) is 101 Å². The second-order valence-electron chi connectivity index (χ2n) is 24.0. The molecule has 2 aliphatic carbocycles. The number of hydrogen-bond donors (Lipinski definition) is 0. The van der Waals surface area contributed by atoms with Crippen molar-refractivity contribution in [3.63, 3.8) is 0 Å². The lowest BCUT2D eigenvalue weighted by Crippen LogP contribution is -2.62. The van der Waals surface area contributed by atoms with Crippen molar-refractivity contribution in [3.05, 3.63) is 136 Å². The van der Waals surface area contributed by atoms with Crippen molar-refractivity contribution in [3.8, 4) is 11.1 Å². The normalized spacial score (nSPS) is 22.6. The quantitative estimate of drug-likeness (QED) is 0.166. The SMILES string of the molecule is Cc1cc(C(C)(C)C)ccc1N1c2cc3c4cc2B2c5c1cc(-c1ccccc1)cc5N(c1ccc(C(C)(C)C)cc1)c1oc5c(c12)C(C)(CCC5(C)C)CC4(C)CCC3(C)C.